The second kappa shape index (κ2) is 8.07. The number of hydrogen-bond acceptors (Lipinski definition) is 6. The fraction of sp³-hybridized carbons (Fsp3) is 0.280. The van der Waals surface area contributed by atoms with Crippen LogP contribution < -0.4 is 15.0 Å². The minimum atomic E-state index is -0.0708. The third-order valence-corrected chi connectivity index (χ3v) is 7.26. The van der Waals surface area contributed by atoms with Crippen molar-refractivity contribution in [1.82, 2.24) is 14.9 Å². The van der Waals surface area contributed by atoms with Gasteiger partial charge in [-0.15, -0.1) is 11.3 Å². The predicted octanol–water partition coefficient (Wildman–Crippen LogP) is 4.76. The lowest BCUT2D eigenvalue weighted by atomic mass is 10.0. The quantitative estimate of drug-likeness (QED) is 0.491. The second-order valence-electron chi connectivity index (χ2n) is 8.24. The minimum absolute atomic E-state index is 0.0708. The second-order valence-corrected chi connectivity index (χ2v) is 9.27. The Labute approximate surface area is 189 Å². The van der Waals surface area contributed by atoms with Crippen LogP contribution in [0.25, 0.3) is 20.7 Å². The summed E-state index contributed by atoms with van der Waals surface area (Å²) in [5.74, 6) is 2.35. The van der Waals surface area contributed by atoms with Gasteiger partial charge in [-0.25, -0.2) is 4.98 Å². The highest BCUT2D eigenvalue weighted by Crippen LogP contribution is 2.38. The molecular weight excluding hydrogens is 422 g/mol. The van der Waals surface area contributed by atoms with Crippen molar-refractivity contribution < 1.29 is 9.47 Å². The van der Waals surface area contributed by atoms with Crippen LogP contribution in [0.4, 0.5) is 0 Å². The van der Waals surface area contributed by atoms with E-state index in [1.807, 2.05) is 30.3 Å². The zero-order valence-electron chi connectivity index (χ0n) is 17.5. The first-order valence-electron chi connectivity index (χ1n) is 11.0. The maximum Gasteiger partial charge on any atom is 0.259 e. The highest BCUT2D eigenvalue weighted by Gasteiger charge is 2.28. The molecule has 2 aromatic carbocycles. The van der Waals surface area contributed by atoms with E-state index in [0.29, 0.717) is 31.0 Å². The summed E-state index contributed by atoms with van der Waals surface area (Å²) in [7, 11) is 0. The van der Waals surface area contributed by atoms with Crippen LogP contribution in [-0.4, -0.2) is 34.6 Å². The third-order valence-electron chi connectivity index (χ3n) is 6.18. The van der Waals surface area contributed by atoms with Gasteiger partial charge in [0.15, 0.2) is 11.5 Å². The lowest BCUT2D eigenvalue weighted by Crippen LogP contribution is -2.25. The SMILES string of the molecule is O=c1[nH]c(CN2CCC[C@@H]2c2ccc3c(c2)OCCO3)nc2sc(-c3ccccc3)cc12. The largest absolute Gasteiger partial charge is 0.486 e. The molecule has 0 saturated carbocycles. The Balaban J connectivity index is 1.28. The maximum atomic E-state index is 12.8. The molecule has 0 spiro atoms. The topological polar surface area (TPSA) is 67.5 Å². The Morgan fingerprint density at radius 1 is 1.06 bits per heavy atom. The van der Waals surface area contributed by atoms with Gasteiger partial charge >= 0.3 is 0 Å². The van der Waals surface area contributed by atoms with Crippen molar-refractivity contribution in [3.05, 3.63) is 76.3 Å². The fourth-order valence-electron chi connectivity index (χ4n) is 4.65. The van der Waals surface area contributed by atoms with E-state index in [0.717, 1.165) is 46.2 Å². The number of nitrogens with zero attached hydrogens (tertiary/aromatic N) is 2. The van der Waals surface area contributed by atoms with E-state index in [1.54, 1.807) is 11.3 Å². The molecule has 2 aromatic heterocycles. The molecule has 2 aliphatic rings. The molecular formula is C25H23N3O3S. The van der Waals surface area contributed by atoms with Crippen LogP contribution >= 0.6 is 11.3 Å². The summed E-state index contributed by atoms with van der Waals surface area (Å²) in [6.07, 6.45) is 2.19. The number of hydrogen-bond donors (Lipinski definition) is 1. The fourth-order valence-corrected chi connectivity index (χ4v) is 5.70. The molecule has 4 heterocycles. The van der Waals surface area contributed by atoms with Crippen LogP contribution in [0.5, 0.6) is 11.5 Å². The number of fused-ring (bicyclic) bond motifs is 2. The first-order chi connectivity index (χ1) is 15.7. The Morgan fingerprint density at radius 3 is 2.78 bits per heavy atom. The normalized spacial score (nSPS) is 18.3. The van der Waals surface area contributed by atoms with E-state index in [2.05, 4.69) is 34.1 Å². The van der Waals surface area contributed by atoms with E-state index in [-0.39, 0.29) is 11.6 Å². The van der Waals surface area contributed by atoms with Gasteiger partial charge in [-0.3, -0.25) is 9.69 Å². The molecule has 2 aliphatic heterocycles. The van der Waals surface area contributed by atoms with Gasteiger partial charge in [0.25, 0.3) is 5.56 Å². The molecule has 6 nitrogen and oxygen atoms in total. The Bertz CT molecular complexity index is 1330. The molecule has 1 fully saturated rings. The summed E-state index contributed by atoms with van der Waals surface area (Å²) in [6, 6.07) is 18.6. The lowest BCUT2D eigenvalue weighted by molar-refractivity contribution is 0.170. The standard InChI is InChI=1S/C25H23N3O3S/c29-24-18-14-22(16-5-2-1-3-6-16)32-25(18)27-23(26-24)15-28-10-4-7-19(28)17-8-9-20-21(13-17)31-12-11-30-20/h1-3,5-6,8-9,13-14,19H,4,7,10-12,15H2,(H,26,27,29)/t19-/m1/s1. The van der Waals surface area contributed by atoms with Crippen molar-refractivity contribution in [2.45, 2.75) is 25.4 Å². The maximum absolute atomic E-state index is 12.8. The van der Waals surface area contributed by atoms with Gasteiger partial charge in [-0.2, -0.15) is 0 Å². The number of benzene rings is 2. The molecule has 0 bridgehead atoms. The smallest absolute Gasteiger partial charge is 0.259 e. The monoisotopic (exact) mass is 445 g/mol. The molecule has 1 saturated heterocycles. The van der Waals surface area contributed by atoms with E-state index in [4.69, 9.17) is 14.5 Å². The van der Waals surface area contributed by atoms with E-state index in [1.165, 1.54) is 5.56 Å². The highest BCUT2D eigenvalue weighted by atomic mass is 32.1. The number of aromatic nitrogens is 2. The zero-order valence-corrected chi connectivity index (χ0v) is 18.4. The average Bonchev–Trinajstić information content (AvgIpc) is 3.47. The van der Waals surface area contributed by atoms with Gasteiger partial charge in [-0.1, -0.05) is 36.4 Å². The Morgan fingerprint density at radius 2 is 1.91 bits per heavy atom. The molecule has 0 amide bonds. The minimum Gasteiger partial charge on any atom is -0.486 e. The number of rotatable bonds is 4. The molecule has 32 heavy (non-hydrogen) atoms. The van der Waals surface area contributed by atoms with Crippen LogP contribution in [0.15, 0.2) is 59.4 Å². The summed E-state index contributed by atoms with van der Waals surface area (Å²) < 4.78 is 11.4. The summed E-state index contributed by atoms with van der Waals surface area (Å²) in [4.78, 5) is 24.9. The van der Waals surface area contributed by atoms with E-state index < -0.39 is 0 Å². The van der Waals surface area contributed by atoms with Gasteiger partial charge in [0.05, 0.1) is 11.9 Å². The molecule has 162 valence electrons. The molecule has 7 heteroatoms. The third kappa shape index (κ3) is 3.57. The van der Waals surface area contributed by atoms with Crippen LogP contribution in [0.3, 0.4) is 0 Å². The highest BCUT2D eigenvalue weighted by molar-refractivity contribution is 7.21. The van der Waals surface area contributed by atoms with Gasteiger partial charge in [0, 0.05) is 10.9 Å². The summed E-state index contributed by atoms with van der Waals surface area (Å²) in [5, 5.41) is 0.655. The van der Waals surface area contributed by atoms with Crippen molar-refractivity contribution >= 4 is 21.6 Å². The van der Waals surface area contributed by atoms with E-state index in [9.17, 15) is 4.79 Å². The Hall–Kier alpha value is -3.16. The van der Waals surface area contributed by atoms with Crippen LogP contribution in [0.1, 0.15) is 30.3 Å². The molecule has 1 atom stereocenters. The van der Waals surface area contributed by atoms with E-state index >= 15 is 0 Å². The van der Waals surface area contributed by atoms with Crippen molar-refractivity contribution in [1.29, 1.82) is 0 Å². The first kappa shape index (κ1) is 19.5. The summed E-state index contributed by atoms with van der Waals surface area (Å²) in [5.41, 5.74) is 2.26. The predicted molar refractivity (Wildman–Crippen MR) is 125 cm³/mol. The average molecular weight is 446 g/mol. The van der Waals surface area contributed by atoms with Gasteiger partial charge in [-0.05, 0) is 48.7 Å². The number of thiophene rings is 1. The number of aromatic amines is 1. The number of ether oxygens (including phenoxy) is 2. The number of H-pyrrole nitrogens is 1. The number of nitrogens with one attached hydrogen (secondary N) is 1. The van der Waals surface area contributed by atoms with Crippen LogP contribution in [0, 0.1) is 0 Å². The molecule has 0 aliphatic carbocycles. The van der Waals surface area contributed by atoms with Gasteiger partial charge in [0.2, 0.25) is 0 Å². The molecule has 0 radical (unpaired) electrons. The molecule has 6 rings (SSSR count). The molecule has 4 aromatic rings. The molecule has 1 N–H and O–H groups in total. The van der Waals surface area contributed by atoms with Gasteiger partial charge < -0.3 is 14.5 Å². The van der Waals surface area contributed by atoms with Crippen molar-refractivity contribution in [2.75, 3.05) is 19.8 Å². The van der Waals surface area contributed by atoms with Crippen molar-refractivity contribution in [2.24, 2.45) is 0 Å². The summed E-state index contributed by atoms with van der Waals surface area (Å²) >= 11 is 1.57. The van der Waals surface area contributed by atoms with Gasteiger partial charge in [0.1, 0.15) is 23.9 Å². The molecule has 0 unspecified atom stereocenters. The number of likely N-dealkylation sites (tertiary alicyclic amines) is 1. The zero-order chi connectivity index (χ0) is 21.5. The Kier molecular flexibility index (Phi) is 4.92. The lowest BCUT2D eigenvalue weighted by Gasteiger charge is -2.26. The van der Waals surface area contributed by atoms with Crippen molar-refractivity contribution in [3.63, 3.8) is 0 Å². The van der Waals surface area contributed by atoms with Crippen LogP contribution in [-0.2, 0) is 6.54 Å². The summed E-state index contributed by atoms with van der Waals surface area (Å²) in [6.45, 7) is 2.77. The van der Waals surface area contributed by atoms with Crippen LogP contribution in [0.2, 0.25) is 0 Å². The first-order valence-corrected chi connectivity index (χ1v) is 11.8. The van der Waals surface area contributed by atoms with Crippen molar-refractivity contribution in [3.8, 4) is 21.9 Å².